The molecule has 3 aromatic carbocycles. The molecule has 0 spiro atoms. The molecule has 0 unspecified atom stereocenters. The van der Waals surface area contributed by atoms with Crippen LogP contribution in [0.15, 0.2) is 72.8 Å². The molecule has 0 atom stereocenters. The molecule has 1 aromatic heterocycles. The molecular formula is C26H29N. The third-order valence-corrected chi connectivity index (χ3v) is 5.61. The maximum absolute atomic E-state index is 2.56. The summed E-state index contributed by atoms with van der Waals surface area (Å²) in [5.41, 5.74) is 5.40. The molecule has 0 N–H and O–H groups in total. The third-order valence-electron chi connectivity index (χ3n) is 5.61. The van der Waals surface area contributed by atoms with Crippen molar-refractivity contribution >= 4 is 21.8 Å². The first-order valence-corrected chi connectivity index (χ1v) is 10.5. The number of aromatic nitrogens is 1. The van der Waals surface area contributed by atoms with Gasteiger partial charge in [0.15, 0.2) is 0 Å². The highest BCUT2D eigenvalue weighted by Crippen LogP contribution is 2.36. The van der Waals surface area contributed by atoms with Crippen LogP contribution >= 0.6 is 0 Å². The molecule has 4 rings (SSSR count). The molecule has 0 saturated carbocycles. The predicted octanol–water partition coefficient (Wildman–Crippen LogP) is 7.82. The summed E-state index contributed by atoms with van der Waals surface area (Å²) in [7, 11) is 0. The zero-order valence-electron chi connectivity index (χ0n) is 16.3. The summed E-state index contributed by atoms with van der Waals surface area (Å²) in [4.78, 5) is 0. The Balaban J connectivity index is 1.75. The van der Waals surface area contributed by atoms with Crippen LogP contribution in [0.25, 0.3) is 32.9 Å². The Morgan fingerprint density at radius 1 is 0.630 bits per heavy atom. The number of rotatable bonds is 8. The van der Waals surface area contributed by atoms with E-state index in [9.17, 15) is 0 Å². The zero-order valence-corrected chi connectivity index (χ0v) is 16.3. The van der Waals surface area contributed by atoms with Gasteiger partial charge in [-0.1, -0.05) is 106 Å². The molecule has 1 nitrogen and oxygen atoms in total. The molecule has 138 valence electrons. The van der Waals surface area contributed by atoms with E-state index >= 15 is 0 Å². The molecule has 0 aliphatic carbocycles. The van der Waals surface area contributed by atoms with Crippen molar-refractivity contribution in [3.8, 4) is 11.1 Å². The fourth-order valence-corrected chi connectivity index (χ4v) is 4.24. The number of fused-ring (bicyclic) bond motifs is 3. The van der Waals surface area contributed by atoms with Crippen molar-refractivity contribution < 1.29 is 0 Å². The van der Waals surface area contributed by atoms with Crippen molar-refractivity contribution in [1.82, 2.24) is 4.57 Å². The minimum absolute atomic E-state index is 1.10. The van der Waals surface area contributed by atoms with Gasteiger partial charge in [-0.2, -0.15) is 0 Å². The number of benzene rings is 3. The van der Waals surface area contributed by atoms with Gasteiger partial charge in [-0.25, -0.2) is 0 Å². The lowest BCUT2D eigenvalue weighted by Crippen LogP contribution is -1.99. The van der Waals surface area contributed by atoms with E-state index in [0.29, 0.717) is 0 Å². The van der Waals surface area contributed by atoms with Crippen molar-refractivity contribution in [3.05, 3.63) is 72.8 Å². The molecule has 0 aliphatic rings. The van der Waals surface area contributed by atoms with Crippen LogP contribution in [0.5, 0.6) is 0 Å². The molecule has 0 saturated heterocycles. The van der Waals surface area contributed by atoms with Crippen molar-refractivity contribution in [2.45, 2.75) is 52.0 Å². The Kier molecular flexibility index (Phi) is 5.58. The van der Waals surface area contributed by atoms with E-state index < -0.39 is 0 Å². The van der Waals surface area contributed by atoms with Gasteiger partial charge in [-0.3, -0.25) is 0 Å². The van der Waals surface area contributed by atoms with Gasteiger partial charge in [0.2, 0.25) is 0 Å². The Labute approximate surface area is 162 Å². The van der Waals surface area contributed by atoms with Crippen molar-refractivity contribution in [2.75, 3.05) is 0 Å². The number of para-hydroxylation sites is 2. The minimum atomic E-state index is 1.10. The number of nitrogens with zero attached hydrogens (tertiary/aromatic N) is 1. The lowest BCUT2D eigenvalue weighted by molar-refractivity contribution is 0.571. The molecule has 0 bridgehead atoms. The topological polar surface area (TPSA) is 4.93 Å². The second-order valence-corrected chi connectivity index (χ2v) is 7.50. The quantitative estimate of drug-likeness (QED) is 0.284. The van der Waals surface area contributed by atoms with Crippen LogP contribution in [0.1, 0.15) is 45.4 Å². The van der Waals surface area contributed by atoms with Gasteiger partial charge in [0.1, 0.15) is 0 Å². The predicted molar refractivity (Wildman–Crippen MR) is 118 cm³/mol. The summed E-state index contributed by atoms with van der Waals surface area (Å²) in [5.74, 6) is 0. The van der Waals surface area contributed by atoms with E-state index in [1.54, 1.807) is 0 Å². The van der Waals surface area contributed by atoms with Gasteiger partial charge >= 0.3 is 0 Å². The van der Waals surface area contributed by atoms with Gasteiger partial charge in [0.25, 0.3) is 0 Å². The normalized spacial score (nSPS) is 11.4. The van der Waals surface area contributed by atoms with Crippen LogP contribution < -0.4 is 0 Å². The Hall–Kier alpha value is -2.54. The second-order valence-electron chi connectivity index (χ2n) is 7.50. The first-order valence-electron chi connectivity index (χ1n) is 10.5. The van der Waals surface area contributed by atoms with Gasteiger partial charge < -0.3 is 4.57 Å². The van der Waals surface area contributed by atoms with Gasteiger partial charge in [-0.05, 0) is 18.1 Å². The van der Waals surface area contributed by atoms with E-state index in [4.69, 9.17) is 0 Å². The maximum Gasteiger partial charge on any atom is 0.0571 e. The lowest BCUT2D eigenvalue weighted by Gasteiger charge is -2.11. The summed E-state index contributed by atoms with van der Waals surface area (Å²) in [6.07, 6.45) is 7.98. The summed E-state index contributed by atoms with van der Waals surface area (Å²) < 4.78 is 2.56. The Morgan fingerprint density at radius 3 is 2.19 bits per heavy atom. The summed E-state index contributed by atoms with van der Waals surface area (Å²) >= 11 is 0. The molecule has 0 fully saturated rings. The maximum atomic E-state index is 2.56. The van der Waals surface area contributed by atoms with Crippen molar-refractivity contribution in [1.29, 1.82) is 0 Å². The molecule has 0 aliphatic heterocycles. The number of unbranched alkanes of at least 4 members (excludes halogenated alkanes) is 5. The summed E-state index contributed by atoms with van der Waals surface area (Å²) in [6, 6.07) is 26.4. The van der Waals surface area contributed by atoms with Crippen LogP contribution in [0.3, 0.4) is 0 Å². The van der Waals surface area contributed by atoms with E-state index in [1.807, 2.05) is 0 Å². The van der Waals surface area contributed by atoms with E-state index in [-0.39, 0.29) is 0 Å². The number of hydrogen-bond donors (Lipinski definition) is 0. The molecule has 0 radical (unpaired) electrons. The van der Waals surface area contributed by atoms with Crippen LogP contribution in [0.2, 0.25) is 0 Å². The first-order chi connectivity index (χ1) is 13.4. The highest BCUT2D eigenvalue weighted by atomic mass is 15.0. The highest BCUT2D eigenvalue weighted by Gasteiger charge is 2.14. The van der Waals surface area contributed by atoms with Gasteiger partial charge in [-0.15, -0.1) is 0 Å². The smallest absolute Gasteiger partial charge is 0.0571 e. The molecular weight excluding hydrogens is 326 g/mol. The number of hydrogen-bond acceptors (Lipinski definition) is 0. The molecule has 4 aromatic rings. The largest absolute Gasteiger partial charge is 0.340 e. The second kappa shape index (κ2) is 8.43. The summed E-state index contributed by atoms with van der Waals surface area (Å²) in [5, 5.41) is 2.74. The first kappa shape index (κ1) is 17.9. The fraction of sp³-hybridized carbons (Fsp3) is 0.308. The van der Waals surface area contributed by atoms with E-state index in [1.165, 1.54) is 71.5 Å². The van der Waals surface area contributed by atoms with Crippen molar-refractivity contribution in [2.24, 2.45) is 0 Å². The number of aryl methyl sites for hydroxylation is 1. The lowest BCUT2D eigenvalue weighted by atomic mass is 10.0. The molecule has 0 amide bonds. The van der Waals surface area contributed by atoms with E-state index in [0.717, 1.165) is 6.54 Å². The average Bonchev–Trinajstić information content (AvgIpc) is 3.05. The zero-order chi connectivity index (χ0) is 18.5. The molecule has 27 heavy (non-hydrogen) atoms. The fourth-order valence-electron chi connectivity index (χ4n) is 4.24. The Morgan fingerprint density at radius 2 is 1.33 bits per heavy atom. The van der Waals surface area contributed by atoms with E-state index in [2.05, 4.69) is 84.3 Å². The molecule has 1 heteroatoms. The third kappa shape index (κ3) is 3.64. The van der Waals surface area contributed by atoms with Crippen LogP contribution in [-0.4, -0.2) is 4.57 Å². The average molecular weight is 356 g/mol. The van der Waals surface area contributed by atoms with Crippen molar-refractivity contribution in [3.63, 3.8) is 0 Å². The summed E-state index contributed by atoms with van der Waals surface area (Å²) in [6.45, 7) is 3.38. The van der Waals surface area contributed by atoms with Crippen LogP contribution in [-0.2, 0) is 6.54 Å². The monoisotopic (exact) mass is 355 g/mol. The van der Waals surface area contributed by atoms with Crippen LogP contribution in [0.4, 0.5) is 0 Å². The Bertz CT molecular complexity index is 1010. The molecule has 1 heterocycles. The SMILES string of the molecule is CCCCCCCCn1c2ccccc2c2cccc(-c3ccccc3)c21. The van der Waals surface area contributed by atoms with Gasteiger partial charge in [0, 0.05) is 28.4 Å². The van der Waals surface area contributed by atoms with Gasteiger partial charge in [0.05, 0.1) is 5.52 Å². The van der Waals surface area contributed by atoms with Crippen LogP contribution in [0, 0.1) is 0 Å². The highest BCUT2D eigenvalue weighted by molar-refractivity contribution is 6.12. The standard InChI is InChI=1S/C26H29N/c1-2-3-4-5-6-12-20-27-25-19-11-10-16-23(25)24-18-13-17-22(26(24)27)21-14-8-7-9-15-21/h7-11,13-19H,2-6,12,20H2,1H3. The minimum Gasteiger partial charge on any atom is -0.340 e.